The highest BCUT2D eigenvalue weighted by Crippen LogP contribution is 2.18. The molecule has 1 atom stereocenters. The van der Waals surface area contributed by atoms with Crippen molar-refractivity contribution >= 4 is 17.5 Å². The summed E-state index contributed by atoms with van der Waals surface area (Å²) in [5, 5.41) is 6.21. The fourth-order valence-corrected chi connectivity index (χ4v) is 3.94. The van der Waals surface area contributed by atoms with Crippen LogP contribution in [0.15, 0.2) is 18.2 Å². The van der Waals surface area contributed by atoms with Gasteiger partial charge in [0, 0.05) is 11.7 Å². The van der Waals surface area contributed by atoms with Gasteiger partial charge in [-0.2, -0.15) is 0 Å². The molecular formula is C23H40N4O2+2. The Balaban J connectivity index is 1.69. The standard InChI is InChI=1S/C23H38N4O2/c1-17(2)9-10-20(5)24-21(28)15-26-11-13-27(14-12-26)16-22(29)25-23-18(3)7-6-8-19(23)4/h6-8,17,20H,9-16H2,1-5H3,(H,24,28)(H,25,29)/p+2/t20-/m1/s1. The van der Waals surface area contributed by atoms with Crippen LogP contribution in [0.3, 0.4) is 0 Å². The fraction of sp³-hybridized carbons (Fsp3) is 0.652. The van der Waals surface area contributed by atoms with Gasteiger partial charge in [0.25, 0.3) is 11.8 Å². The molecule has 0 saturated carbocycles. The largest absolute Gasteiger partial charge is 0.349 e. The third-order valence-electron chi connectivity index (χ3n) is 5.82. The second-order valence-corrected chi connectivity index (χ2v) is 9.11. The lowest BCUT2D eigenvalue weighted by Crippen LogP contribution is -3.28. The first-order valence-electron chi connectivity index (χ1n) is 11.1. The van der Waals surface area contributed by atoms with Crippen LogP contribution >= 0.6 is 0 Å². The van der Waals surface area contributed by atoms with Gasteiger partial charge in [0.15, 0.2) is 13.1 Å². The van der Waals surface area contributed by atoms with Gasteiger partial charge in [-0.3, -0.25) is 9.59 Å². The van der Waals surface area contributed by atoms with Crippen molar-refractivity contribution in [2.24, 2.45) is 5.92 Å². The molecule has 0 radical (unpaired) electrons. The molecule has 0 aliphatic carbocycles. The number of rotatable bonds is 9. The lowest BCUT2D eigenvalue weighted by Gasteiger charge is -2.29. The van der Waals surface area contributed by atoms with Crippen LogP contribution in [-0.4, -0.2) is 57.1 Å². The van der Waals surface area contributed by atoms with Gasteiger partial charge < -0.3 is 20.4 Å². The third-order valence-corrected chi connectivity index (χ3v) is 5.82. The van der Waals surface area contributed by atoms with Crippen LogP contribution in [-0.2, 0) is 9.59 Å². The average molecular weight is 405 g/mol. The topological polar surface area (TPSA) is 67.1 Å². The van der Waals surface area contributed by atoms with E-state index < -0.39 is 0 Å². The maximum absolute atomic E-state index is 12.5. The van der Waals surface area contributed by atoms with E-state index in [9.17, 15) is 9.59 Å². The minimum atomic E-state index is 0.0672. The van der Waals surface area contributed by atoms with Crippen molar-refractivity contribution in [1.29, 1.82) is 0 Å². The zero-order chi connectivity index (χ0) is 21.4. The molecule has 2 rings (SSSR count). The van der Waals surface area contributed by atoms with E-state index in [-0.39, 0.29) is 17.9 Å². The van der Waals surface area contributed by atoms with Gasteiger partial charge in [0.2, 0.25) is 0 Å². The number of anilines is 1. The van der Waals surface area contributed by atoms with E-state index >= 15 is 0 Å². The van der Waals surface area contributed by atoms with E-state index in [1.165, 1.54) is 9.80 Å². The third kappa shape index (κ3) is 8.15. The fourth-order valence-electron chi connectivity index (χ4n) is 3.94. The minimum absolute atomic E-state index is 0.0672. The molecule has 1 heterocycles. The second kappa shape index (κ2) is 11.3. The number of carbonyl (C=O) groups is 2. The quantitative estimate of drug-likeness (QED) is 0.467. The van der Waals surface area contributed by atoms with Gasteiger partial charge >= 0.3 is 0 Å². The number of carbonyl (C=O) groups excluding carboxylic acids is 2. The van der Waals surface area contributed by atoms with E-state index in [0.29, 0.717) is 19.0 Å². The summed E-state index contributed by atoms with van der Waals surface area (Å²) in [6, 6.07) is 6.29. The Labute approximate surface area is 176 Å². The lowest BCUT2D eigenvalue weighted by molar-refractivity contribution is -1.00. The molecule has 0 aromatic heterocycles. The van der Waals surface area contributed by atoms with Crippen LogP contribution in [0.5, 0.6) is 0 Å². The van der Waals surface area contributed by atoms with Crippen molar-refractivity contribution in [3.63, 3.8) is 0 Å². The molecule has 162 valence electrons. The van der Waals surface area contributed by atoms with Gasteiger partial charge in [-0.05, 0) is 50.7 Å². The first-order chi connectivity index (χ1) is 13.7. The van der Waals surface area contributed by atoms with Crippen LogP contribution in [0.4, 0.5) is 5.69 Å². The molecule has 1 aliphatic rings. The van der Waals surface area contributed by atoms with E-state index in [1.54, 1.807) is 0 Å². The van der Waals surface area contributed by atoms with Gasteiger partial charge in [-0.25, -0.2) is 0 Å². The highest BCUT2D eigenvalue weighted by molar-refractivity contribution is 5.93. The maximum atomic E-state index is 12.5. The summed E-state index contributed by atoms with van der Waals surface area (Å²) in [5.41, 5.74) is 3.12. The Hall–Kier alpha value is -1.92. The Morgan fingerprint density at radius 1 is 0.897 bits per heavy atom. The highest BCUT2D eigenvalue weighted by Gasteiger charge is 2.26. The van der Waals surface area contributed by atoms with E-state index in [0.717, 1.165) is 55.8 Å². The van der Waals surface area contributed by atoms with Gasteiger partial charge in [-0.1, -0.05) is 32.0 Å². The van der Waals surface area contributed by atoms with E-state index in [2.05, 4.69) is 31.4 Å². The zero-order valence-corrected chi connectivity index (χ0v) is 18.9. The Morgan fingerprint density at radius 2 is 1.41 bits per heavy atom. The van der Waals surface area contributed by atoms with Crippen LogP contribution in [0, 0.1) is 19.8 Å². The van der Waals surface area contributed by atoms with Crippen molar-refractivity contribution in [1.82, 2.24) is 5.32 Å². The first kappa shape index (κ1) is 23.4. The Morgan fingerprint density at radius 3 is 1.93 bits per heavy atom. The molecule has 2 amide bonds. The summed E-state index contributed by atoms with van der Waals surface area (Å²) in [6.07, 6.45) is 2.17. The average Bonchev–Trinajstić information content (AvgIpc) is 2.65. The molecule has 0 spiro atoms. The smallest absolute Gasteiger partial charge is 0.279 e. The first-order valence-corrected chi connectivity index (χ1v) is 11.1. The zero-order valence-electron chi connectivity index (χ0n) is 18.9. The summed E-state index contributed by atoms with van der Waals surface area (Å²) in [5.74, 6) is 0.882. The molecule has 0 unspecified atom stereocenters. The molecule has 6 heteroatoms. The van der Waals surface area contributed by atoms with Gasteiger partial charge in [0.1, 0.15) is 26.2 Å². The number of hydrogen-bond acceptors (Lipinski definition) is 2. The van der Waals surface area contributed by atoms with Crippen LogP contribution in [0.2, 0.25) is 0 Å². The lowest BCUT2D eigenvalue weighted by atomic mass is 10.0. The van der Waals surface area contributed by atoms with Crippen molar-refractivity contribution < 1.29 is 19.4 Å². The monoisotopic (exact) mass is 404 g/mol. The van der Waals surface area contributed by atoms with Crippen LogP contribution in [0.1, 0.15) is 44.7 Å². The van der Waals surface area contributed by atoms with Crippen LogP contribution in [0.25, 0.3) is 0 Å². The number of benzene rings is 1. The number of quaternary nitrogens is 2. The van der Waals surface area contributed by atoms with Crippen molar-refractivity contribution in [2.45, 2.75) is 53.5 Å². The molecule has 1 saturated heterocycles. The van der Waals surface area contributed by atoms with Crippen molar-refractivity contribution in [2.75, 3.05) is 44.6 Å². The summed E-state index contributed by atoms with van der Waals surface area (Å²) in [6.45, 7) is 15.3. The summed E-state index contributed by atoms with van der Waals surface area (Å²) in [4.78, 5) is 27.4. The highest BCUT2D eigenvalue weighted by atomic mass is 16.2. The molecule has 1 aromatic rings. The Kier molecular flexibility index (Phi) is 9.11. The molecule has 0 bridgehead atoms. The SMILES string of the molecule is Cc1cccc(C)c1NC(=O)C[NH+]1CC[NH+](CC(=O)N[C@H](C)CCC(C)C)CC1. The minimum Gasteiger partial charge on any atom is -0.349 e. The summed E-state index contributed by atoms with van der Waals surface area (Å²) in [7, 11) is 0. The molecule has 1 aromatic carbocycles. The predicted molar refractivity (Wildman–Crippen MR) is 117 cm³/mol. The normalized spacial score (nSPS) is 20.3. The number of aryl methyl sites for hydroxylation is 2. The summed E-state index contributed by atoms with van der Waals surface area (Å²) < 4.78 is 0. The van der Waals surface area contributed by atoms with E-state index in [1.807, 2.05) is 32.0 Å². The Bertz CT molecular complexity index is 661. The number of piperazine rings is 1. The predicted octanol–water partition coefficient (Wildman–Crippen LogP) is -0.0338. The molecular weight excluding hydrogens is 364 g/mol. The molecule has 29 heavy (non-hydrogen) atoms. The number of nitrogens with one attached hydrogen (secondary N) is 4. The van der Waals surface area contributed by atoms with Crippen molar-refractivity contribution in [3.8, 4) is 0 Å². The van der Waals surface area contributed by atoms with Crippen LogP contribution < -0.4 is 20.4 Å². The summed E-state index contributed by atoms with van der Waals surface area (Å²) >= 11 is 0. The van der Waals surface area contributed by atoms with E-state index in [4.69, 9.17) is 0 Å². The number of para-hydroxylation sites is 1. The van der Waals surface area contributed by atoms with Gasteiger partial charge in [0.05, 0.1) is 0 Å². The van der Waals surface area contributed by atoms with Gasteiger partial charge in [-0.15, -0.1) is 0 Å². The number of amides is 2. The molecule has 4 N–H and O–H groups in total. The maximum Gasteiger partial charge on any atom is 0.279 e. The molecule has 1 fully saturated rings. The van der Waals surface area contributed by atoms with Crippen molar-refractivity contribution in [3.05, 3.63) is 29.3 Å². The molecule has 1 aliphatic heterocycles. The number of hydrogen-bond donors (Lipinski definition) is 4. The molecule has 6 nitrogen and oxygen atoms in total. The second-order valence-electron chi connectivity index (χ2n) is 9.11.